The van der Waals surface area contributed by atoms with Crippen LogP contribution in [0.4, 0.5) is 4.39 Å². The second kappa shape index (κ2) is 6.84. The van der Waals surface area contributed by atoms with Crippen molar-refractivity contribution in [3.63, 3.8) is 0 Å². The number of aliphatic carboxylic acids is 1. The Bertz CT molecular complexity index is 464. The van der Waals surface area contributed by atoms with Crippen LogP contribution in [-0.4, -0.2) is 28.6 Å². The molecule has 1 aromatic rings. The van der Waals surface area contributed by atoms with Crippen molar-refractivity contribution < 1.29 is 14.3 Å². The fourth-order valence-electron chi connectivity index (χ4n) is 3.23. The minimum atomic E-state index is -0.773. The van der Waals surface area contributed by atoms with Gasteiger partial charge in [0, 0.05) is 17.6 Å². The molecule has 0 radical (unpaired) electrons. The maximum atomic E-state index is 14.0. The van der Waals surface area contributed by atoms with Crippen LogP contribution < -0.4 is 0 Å². The number of benzene rings is 1. The first-order chi connectivity index (χ1) is 9.63. The highest BCUT2D eigenvalue weighted by Crippen LogP contribution is 2.33. The maximum Gasteiger partial charge on any atom is 0.304 e. The van der Waals surface area contributed by atoms with Gasteiger partial charge >= 0.3 is 5.97 Å². The fourth-order valence-corrected chi connectivity index (χ4v) is 3.23. The lowest BCUT2D eigenvalue weighted by Gasteiger charge is -2.40. The van der Waals surface area contributed by atoms with E-state index < -0.39 is 5.97 Å². The molecule has 110 valence electrons. The van der Waals surface area contributed by atoms with E-state index in [1.54, 1.807) is 6.07 Å². The second-order valence-electron chi connectivity index (χ2n) is 5.43. The van der Waals surface area contributed by atoms with Crippen LogP contribution in [0.25, 0.3) is 0 Å². The molecule has 1 N–H and O–H groups in total. The van der Waals surface area contributed by atoms with Crippen molar-refractivity contribution in [2.45, 2.75) is 51.1 Å². The summed E-state index contributed by atoms with van der Waals surface area (Å²) in [7, 11) is 0. The Balaban J connectivity index is 2.24. The number of hydrogen-bond donors (Lipinski definition) is 1. The maximum absolute atomic E-state index is 14.0. The van der Waals surface area contributed by atoms with Crippen LogP contribution in [0.3, 0.4) is 0 Å². The first kappa shape index (κ1) is 15.0. The summed E-state index contributed by atoms with van der Waals surface area (Å²) in [4.78, 5) is 13.2. The van der Waals surface area contributed by atoms with E-state index >= 15 is 0 Å². The molecule has 2 rings (SSSR count). The van der Waals surface area contributed by atoms with Crippen LogP contribution >= 0.6 is 0 Å². The Labute approximate surface area is 119 Å². The normalized spacial score (nSPS) is 21.6. The molecule has 1 fully saturated rings. The molecular formula is C16H22FNO2. The molecule has 1 aromatic carbocycles. The molecule has 0 bridgehead atoms. The largest absolute Gasteiger partial charge is 0.481 e. The Morgan fingerprint density at radius 1 is 1.45 bits per heavy atom. The van der Waals surface area contributed by atoms with E-state index in [2.05, 4.69) is 4.90 Å². The second-order valence-corrected chi connectivity index (χ2v) is 5.43. The van der Waals surface area contributed by atoms with Crippen molar-refractivity contribution in [2.24, 2.45) is 0 Å². The van der Waals surface area contributed by atoms with Crippen molar-refractivity contribution in [2.75, 3.05) is 6.54 Å². The number of halogens is 1. The summed E-state index contributed by atoms with van der Waals surface area (Å²) in [5.74, 6) is -0.968. The molecule has 20 heavy (non-hydrogen) atoms. The van der Waals surface area contributed by atoms with Gasteiger partial charge in [0.2, 0.25) is 0 Å². The molecule has 0 saturated carbocycles. The summed E-state index contributed by atoms with van der Waals surface area (Å²) in [5.41, 5.74) is 0.687. The zero-order valence-corrected chi connectivity index (χ0v) is 11.9. The summed E-state index contributed by atoms with van der Waals surface area (Å²) >= 11 is 0. The van der Waals surface area contributed by atoms with Crippen LogP contribution in [0.15, 0.2) is 24.3 Å². The van der Waals surface area contributed by atoms with Crippen molar-refractivity contribution in [1.82, 2.24) is 4.90 Å². The van der Waals surface area contributed by atoms with Gasteiger partial charge in [-0.25, -0.2) is 4.39 Å². The summed E-state index contributed by atoms with van der Waals surface area (Å²) in [5, 5.41) is 9.06. The van der Waals surface area contributed by atoms with Gasteiger partial charge in [-0.1, -0.05) is 31.5 Å². The molecule has 2 unspecified atom stereocenters. The number of carboxylic acid groups (broad SMARTS) is 1. The van der Waals surface area contributed by atoms with E-state index in [1.807, 2.05) is 19.1 Å². The molecule has 0 aliphatic carbocycles. The van der Waals surface area contributed by atoms with Gasteiger partial charge < -0.3 is 5.11 Å². The summed E-state index contributed by atoms with van der Waals surface area (Å²) in [6, 6.07) is 6.82. The monoisotopic (exact) mass is 279 g/mol. The van der Waals surface area contributed by atoms with Gasteiger partial charge in [0.15, 0.2) is 0 Å². The molecule has 2 atom stereocenters. The third kappa shape index (κ3) is 3.37. The molecule has 0 spiro atoms. The topological polar surface area (TPSA) is 40.5 Å². The van der Waals surface area contributed by atoms with Gasteiger partial charge in [0.05, 0.1) is 6.42 Å². The van der Waals surface area contributed by atoms with Gasteiger partial charge in [-0.05, 0) is 31.9 Å². The number of likely N-dealkylation sites (tertiary alicyclic amines) is 1. The average Bonchev–Trinajstić information content (AvgIpc) is 2.43. The van der Waals surface area contributed by atoms with Crippen molar-refractivity contribution >= 4 is 5.97 Å². The molecule has 1 aliphatic rings. The predicted octanol–water partition coefficient (Wildman–Crippen LogP) is 3.61. The highest BCUT2D eigenvalue weighted by molar-refractivity contribution is 5.67. The smallest absolute Gasteiger partial charge is 0.304 e. The van der Waals surface area contributed by atoms with Crippen molar-refractivity contribution in [3.8, 4) is 0 Å². The molecule has 1 saturated heterocycles. The number of hydrogen-bond acceptors (Lipinski definition) is 2. The predicted molar refractivity (Wildman–Crippen MR) is 76.0 cm³/mol. The van der Waals surface area contributed by atoms with E-state index in [-0.39, 0.29) is 24.3 Å². The van der Waals surface area contributed by atoms with E-state index in [0.29, 0.717) is 5.56 Å². The van der Waals surface area contributed by atoms with E-state index in [1.165, 1.54) is 6.07 Å². The van der Waals surface area contributed by atoms with Crippen molar-refractivity contribution in [1.29, 1.82) is 0 Å². The first-order valence-corrected chi connectivity index (χ1v) is 7.35. The SMILES string of the molecule is CCC(c1ccccc1F)N1CCCCC1CC(=O)O. The van der Waals surface area contributed by atoms with Crippen LogP contribution in [0.2, 0.25) is 0 Å². The fraction of sp³-hybridized carbons (Fsp3) is 0.562. The molecule has 1 heterocycles. The lowest BCUT2D eigenvalue weighted by molar-refractivity contribution is -0.139. The molecule has 1 aliphatic heterocycles. The average molecular weight is 279 g/mol. The minimum Gasteiger partial charge on any atom is -0.481 e. The molecule has 3 nitrogen and oxygen atoms in total. The Morgan fingerprint density at radius 2 is 2.20 bits per heavy atom. The van der Waals surface area contributed by atoms with E-state index in [9.17, 15) is 9.18 Å². The van der Waals surface area contributed by atoms with E-state index in [0.717, 1.165) is 32.2 Å². The van der Waals surface area contributed by atoms with Crippen LogP contribution in [-0.2, 0) is 4.79 Å². The zero-order chi connectivity index (χ0) is 14.5. The highest BCUT2D eigenvalue weighted by Gasteiger charge is 2.31. The standard InChI is InChI=1S/C16H22FNO2/c1-2-15(13-8-3-4-9-14(13)17)18-10-6-5-7-12(18)11-16(19)20/h3-4,8-9,12,15H,2,5-7,10-11H2,1H3,(H,19,20). The van der Waals surface area contributed by atoms with Crippen molar-refractivity contribution in [3.05, 3.63) is 35.6 Å². The zero-order valence-electron chi connectivity index (χ0n) is 11.9. The highest BCUT2D eigenvalue weighted by atomic mass is 19.1. The number of piperidine rings is 1. The van der Waals surface area contributed by atoms with E-state index in [4.69, 9.17) is 5.11 Å². The Kier molecular flexibility index (Phi) is 5.12. The molecule has 0 aromatic heterocycles. The summed E-state index contributed by atoms with van der Waals surface area (Å²) in [6.07, 6.45) is 3.93. The minimum absolute atomic E-state index is 0.0193. The first-order valence-electron chi connectivity index (χ1n) is 7.35. The molecule has 0 amide bonds. The van der Waals surface area contributed by atoms with Gasteiger partial charge in [-0.15, -0.1) is 0 Å². The summed E-state index contributed by atoms with van der Waals surface area (Å²) in [6.45, 7) is 2.88. The number of nitrogens with zero attached hydrogens (tertiary/aromatic N) is 1. The quantitative estimate of drug-likeness (QED) is 0.895. The molecular weight excluding hydrogens is 257 g/mol. The molecule has 4 heteroatoms. The number of rotatable bonds is 5. The van der Waals surface area contributed by atoms with Gasteiger partial charge in [0.1, 0.15) is 5.82 Å². The van der Waals surface area contributed by atoms with Crippen LogP contribution in [0.5, 0.6) is 0 Å². The van der Waals surface area contributed by atoms with Gasteiger partial charge in [-0.2, -0.15) is 0 Å². The van der Waals surface area contributed by atoms with Gasteiger partial charge in [-0.3, -0.25) is 9.69 Å². The lowest BCUT2D eigenvalue weighted by atomic mass is 9.93. The third-order valence-electron chi connectivity index (χ3n) is 4.13. The third-order valence-corrected chi connectivity index (χ3v) is 4.13. The number of carbonyl (C=O) groups is 1. The number of carboxylic acids is 1. The lowest BCUT2D eigenvalue weighted by Crippen LogP contribution is -2.43. The Morgan fingerprint density at radius 3 is 2.85 bits per heavy atom. The van der Waals surface area contributed by atoms with Crippen LogP contribution in [0.1, 0.15) is 50.6 Å². The Hall–Kier alpha value is -1.42. The van der Waals surface area contributed by atoms with Crippen LogP contribution in [0, 0.1) is 5.82 Å². The summed E-state index contributed by atoms with van der Waals surface area (Å²) < 4.78 is 14.0. The van der Waals surface area contributed by atoms with Gasteiger partial charge in [0.25, 0.3) is 0 Å².